The largest absolute Gasteiger partial charge is 0.465 e. The molecule has 0 spiro atoms. The van der Waals surface area contributed by atoms with Crippen molar-refractivity contribution in [2.45, 2.75) is 27.2 Å². The van der Waals surface area contributed by atoms with Gasteiger partial charge in [0.05, 0.1) is 12.7 Å². The molecule has 0 amide bonds. The summed E-state index contributed by atoms with van der Waals surface area (Å²) in [6.45, 7) is 6.14. The first-order valence-corrected chi connectivity index (χ1v) is 5.08. The first kappa shape index (κ1) is 11.7. The average molecular weight is 207 g/mol. The highest BCUT2D eigenvalue weighted by molar-refractivity contribution is 5.89. The van der Waals surface area contributed by atoms with E-state index in [4.69, 9.17) is 0 Å². The first-order chi connectivity index (χ1) is 7.02. The summed E-state index contributed by atoms with van der Waals surface area (Å²) in [4.78, 5) is 15.7. The van der Waals surface area contributed by atoms with E-state index in [1.54, 1.807) is 12.1 Å². The van der Waals surface area contributed by atoms with E-state index in [9.17, 15) is 4.79 Å². The Morgan fingerprint density at radius 2 is 2.13 bits per heavy atom. The number of esters is 1. The van der Waals surface area contributed by atoms with E-state index in [1.165, 1.54) is 7.11 Å². The van der Waals surface area contributed by atoms with Gasteiger partial charge in [0.1, 0.15) is 0 Å². The Morgan fingerprint density at radius 1 is 1.47 bits per heavy atom. The molecule has 0 aliphatic heterocycles. The van der Waals surface area contributed by atoms with Gasteiger partial charge >= 0.3 is 5.97 Å². The van der Waals surface area contributed by atoms with Crippen LogP contribution in [0.2, 0.25) is 0 Å². The summed E-state index contributed by atoms with van der Waals surface area (Å²) in [5, 5.41) is 0. The van der Waals surface area contributed by atoms with Gasteiger partial charge in [0.2, 0.25) is 0 Å². The zero-order valence-corrected chi connectivity index (χ0v) is 9.70. The van der Waals surface area contributed by atoms with Gasteiger partial charge in [-0.05, 0) is 31.4 Å². The van der Waals surface area contributed by atoms with Crippen LogP contribution in [0.25, 0.3) is 0 Å². The molecule has 1 rings (SSSR count). The zero-order valence-electron chi connectivity index (χ0n) is 9.70. The summed E-state index contributed by atoms with van der Waals surface area (Å²) >= 11 is 0. The predicted octanol–water partition coefficient (Wildman–Crippen LogP) is 2.38. The minimum absolute atomic E-state index is 0.300. The van der Waals surface area contributed by atoms with Crippen LogP contribution in [-0.2, 0) is 11.2 Å². The quantitative estimate of drug-likeness (QED) is 0.714. The van der Waals surface area contributed by atoms with Crippen molar-refractivity contribution < 1.29 is 9.53 Å². The number of methoxy groups -OCH3 is 1. The second-order valence-corrected chi connectivity index (χ2v) is 4.08. The van der Waals surface area contributed by atoms with E-state index in [2.05, 4.69) is 23.6 Å². The number of aryl methyl sites for hydroxylation is 1. The fourth-order valence-electron chi connectivity index (χ4n) is 1.50. The van der Waals surface area contributed by atoms with Crippen molar-refractivity contribution >= 4 is 5.97 Å². The number of hydrogen-bond acceptors (Lipinski definition) is 3. The minimum atomic E-state index is -0.300. The Bertz CT molecular complexity index is 359. The van der Waals surface area contributed by atoms with Crippen LogP contribution in [0.5, 0.6) is 0 Å². The standard InChI is InChI=1S/C12H17NO2/c1-8(2)5-11-7-10(12(14)15-4)6-9(3)13-11/h6-8H,5H2,1-4H3. The lowest BCUT2D eigenvalue weighted by Crippen LogP contribution is -2.06. The van der Waals surface area contributed by atoms with E-state index < -0.39 is 0 Å². The molecular weight excluding hydrogens is 190 g/mol. The first-order valence-electron chi connectivity index (χ1n) is 5.08. The van der Waals surface area contributed by atoms with Crippen LogP contribution in [0, 0.1) is 12.8 Å². The number of aromatic nitrogens is 1. The van der Waals surface area contributed by atoms with Gasteiger partial charge in [0.15, 0.2) is 0 Å². The zero-order chi connectivity index (χ0) is 11.4. The van der Waals surface area contributed by atoms with E-state index in [-0.39, 0.29) is 5.97 Å². The highest BCUT2D eigenvalue weighted by Crippen LogP contribution is 2.11. The molecule has 0 radical (unpaired) electrons. The predicted molar refractivity (Wildman–Crippen MR) is 58.9 cm³/mol. The van der Waals surface area contributed by atoms with Crippen LogP contribution < -0.4 is 0 Å². The normalized spacial score (nSPS) is 10.5. The van der Waals surface area contributed by atoms with Crippen LogP contribution in [0.15, 0.2) is 12.1 Å². The van der Waals surface area contributed by atoms with E-state index in [1.807, 2.05) is 6.92 Å². The maximum atomic E-state index is 11.4. The molecule has 0 saturated heterocycles. The molecule has 1 aromatic heterocycles. The molecule has 15 heavy (non-hydrogen) atoms. The minimum Gasteiger partial charge on any atom is -0.465 e. The van der Waals surface area contributed by atoms with Crippen molar-refractivity contribution in [1.82, 2.24) is 4.98 Å². The molecule has 0 fully saturated rings. The highest BCUT2D eigenvalue weighted by Gasteiger charge is 2.09. The number of hydrogen-bond donors (Lipinski definition) is 0. The summed E-state index contributed by atoms with van der Waals surface area (Å²) in [5.41, 5.74) is 2.39. The Hall–Kier alpha value is -1.38. The second-order valence-electron chi connectivity index (χ2n) is 4.08. The summed E-state index contributed by atoms with van der Waals surface area (Å²) < 4.78 is 4.68. The third kappa shape index (κ3) is 3.35. The van der Waals surface area contributed by atoms with Crippen molar-refractivity contribution in [2.24, 2.45) is 5.92 Å². The van der Waals surface area contributed by atoms with Crippen molar-refractivity contribution in [3.05, 3.63) is 29.1 Å². The fourth-order valence-corrected chi connectivity index (χ4v) is 1.50. The summed E-state index contributed by atoms with van der Waals surface area (Å²) in [6.07, 6.45) is 0.881. The van der Waals surface area contributed by atoms with Crippen LogP contribution in [0.3, 0.4) is 0 Å². The Labute approximate surface area is 90.5 Å². The van der Waals surface area contributed by atoms with Gasteiger partial charge in [0.25, 0.3) is 0 Å². The van der Waals surface area contributed by atoms with Crippen LogP contribution in [0.4, 0.5) is 0 Å². The number of nitrogens with zero attached hydrogens (tertiary/aromatic N) is 1. The molecule has 0 aromatic carbocycles. The van der Waals surface area contributed by atoms with Gasteiger partial charge < -0.3 is 4.74 Å². The number of carbonyl (C=O) groups excluding carboxylic acids is 1. The Kier molecular flexibility index (Phi) is 3.83. The molecule has 82 valence electrons. The van der Waals surface area contributed by atoms with Crippen LogP contribution in [-0.4, -0.2) is 18.1 Å². The fraction of sp³-hybridized carbons (Fsp3) is 0.500. The lowest BCUT2D eigenvalue weighted by Gasteiger charge is -2.07. The maximum absolute atomic E-state index is 11.4. The molecular formula is C12H17NO2. The van der Waals surface area contributed by atoms with Gasteiger partial charge in [-0.15, -0.1) is 0 Å². The topological polar surface area (TPSA) is 39.2 Å². The highest BCUT2D eigenvalue weighted by atomic mass is 16.5. The van der Waals surface area contributed by atoms with Crippen molar-refractivity contribution in [3.8, 4) is 0 Å². The SMILES string of the molecule is COC(=O)c1cc(C)nc(CC(C)C)c1. The molecule has 0 N–H and O–H groups in total. The van der Waals surface area contributed by atoms with E-state index >= 15 is 0 Å². The lowest BCUT2D eigenvalue weighted by molar-refractivity contribution is 0.0600. The third-order valence-corrected chi connectivity index (χ3v) is 2.04. The molecule has 3 heteroatoms. The number of ether oxygens (including phenoxy) is 1. The summed E-state index contributed by atoms with van der Waals surface area (Å²) in [5.74, 6) is 0.232. The van der Waals surface area contributed by atoms with E-state index in [0.717, 1.165) is 17.8 Å². The Morgan fingerprint density at radius 3 is 2.67 bits per heavy atom. The van der Waals surface area contributed by atoms with Crippen molar-refractivity contribution in [1.29, 1.82) is 0 Å². The lowest BCUT2D eigenvalue weighted by atomic mass is 10.1. The molecule has 0 saturated carbocycles. The maximum Gasteiger partial charge on any atom is 0.337 e. The summed E-state index contributed by atoms with van der Waals surface area (Å²) in [6, 6.07) is 3.55. The van der Waals surface area contributed by atoms with Gasteiger partial charge in [-0.3, -0.25) is 4.98 Å². The molecule has 0 unspecified atom stereocenters. The molecule has 0 aliphatic rings. The van der Waals surface area contributed by atoms with Gasteiger partial charge in [-0.25, -0.2) is 4.79 Å². The molecule has 0 aliphatic carbocycles. The number of pyridine rings is 1. The van der Waals surface area contributed by atoms with Crippen LogP contribution >= 0.6 is 0 Å². The van der Waals surface area contributed by atoms with Crippen molar-refractivity contribution in [3.63, 3.8) is 0 Å². The molecule has 1 aromatic rings. The summed E-state index contributed by atoms with van der Waals surface area (Å²) in [7, 11) is 1.39. The molecule has 0 bridgehead atoms. The van der Waals surface area contributed by atoms with Crippen LogP contribution in [0.1, 0.15) is 35.6 Å². The second kappa shape index (κ2) is 4.91. The van der Waals surface area contributed by atoms with Gasteiger partial charge in [-0.2, -0.15) is 0 Å². The Balaban J connectivity index is 2.99. The average Bonchev–Trinajstić information content (AvgIpc) is 2.14. The monoisotopic (exact) mass is 207 g/mol. The van der Waals surface area contributed by atoms with Crippen molar-refractivity contribution in [2.75, 3.05) is 7.11 Å². The van der Waals surface area contributed by atoms with Gasteiger partial charge in [-0.1, -0.05) is 13.8 Å². The molecule has 1 heterocycles. The number of carbonyl (C=O) groups is 1. The van der Waals surface area contributed by atoms with E-state index in [0.29, 0.717) is 11.5 Å². The number of rotatable bonds is 3. The third-order valence-electron chi connectivity index (χ3n) is 2.04. The van der Waals surface area contributed by atoms with Gasteiger partial charge in [0, 0.05) is 11.4 Å². The molecule has 3 nitrogen and oxygen atoms in total. The smallest absolute Gasteiger partial charge is 0.337 e. The molecule has 0 atom stereocenters.